The second-order valence-corrected chi connectivity index (χ2v) is 9.14. The van der Waals surface area contributed by atoms with Crippen molar-refractivity contribution in [2.75, 3.05) is 13.6 Å². The van der Waals surface area contributed by atoms with E-state index < -0.39 is 0 Å². The van der Waals surface area contributed by atoms with Crippen LogP contribution >= 0.6 is 11.6 Å². The van der Waals surface area contributed by atoms with E-state index in [0.29, 0.717) is 5.02 Å². The molecule has 2 heterocycles. The summed E-state index contributed by atoms with van der Waals surface area (Å²) in [5, 5.41) is 1.61. The molecule has 1 aromatic heterocycles. The number of rotatable bonds is 3. The zero-order valence-corrected chi connectivity index (χ0v) is 20.9. The molecule has 4 aromatic rings. The molecule has 2 N–H and O–H groups in total. The maximum Gasteiger partial charge on any atom is 0.251 e. The Morgan fingerprint density at radius 2 is 1.71 bits per heavy atom. The number of hydrogen-bond acceptors (Lipinski definition) is 4. The lowest BCUT2D eigenvalue weighted by Crippen LogP contribution is -2.17. The first-order valence-electron chi connectivity index (χ1n) is 11.4. The number of halogens is 1. The van der Waals surface area contributed by atoms with Gasteiger partial charge < -0.3 is 15.2 Å². The van der Waals surface area contributed by atoms with Crippen molar-refractivity contribution in [3.8, 4) is 11.1 Å². The number of aliphatic imine (C=N–C) groups is 1. The van der Waals surface area contributed by atoms with Crippen LogP contribution in [-0.2, 0) is 7.05 Å². The fraction of sp³-hybridized carbons (Fsp3) is 0.172. The summed E-state index contributed by atoms with van der Waals surface area (Å²) in [5.74, 6) is 0. The van der Waals surface area contributed by atoms with Gasteiger partial charge in [-0.3, -0.25) is 9.79 Å². The molecule has 178 valence electrons. The van der Waals surface area contributed by atoms with Gasteiger partial charge in [0.2, 0.25) is 0 Å². The Labute approximate surface area is 210 Å². The monoisotopic (exact) mass is 484 g/mol. The van der Waals surface area contributed by atoms with Crippen molar-refractivity contribution in [3.05, 3.63) is 117 Å². The molecule has 3 aromatic carbocycles. The summed E-state index contributed by atoms with van der Waals surface area (Å²) in [6, 6.07) is 23.3. The van der Waals surface area contributed by atoms with Crippen LogP contribution in [0.2, 0.25) is 5.02 Å². The standard InChI is InChI=1S/C24H21ClN2O.C5H8N2/c1-15-6-8-16(9-7-15)24(26)18-10-11-22-21(13-18)20(14-23(28)27(22)2)17-4-3-5-19(25)12-17;1-7-4-2-6-3-5-7/h3-14,24H,26H2,1-2H3;2-4H,5H2,1H3/t24-;/m1./s1. The summed E-state index contributed by atoms with van der Waals surface area (Å²) in [6.45, 7) is 3.00. The van der Waals surface area contributed by atoms with Crippen LogP contribution in [0.25, 0.3) is 22.0 Å². The zero-order chi connectivity index (χ0) is 24.9. The highest BCUT2D eigenvalue weighted by Gasteiger charge is 2.14. The normalized spacial score (nSPS) is 13.5. The van der Waals surface area contributed by atoms with Gasteiger partial charge in [-0.25, -0.2) is 0 Å². The molecule has 0 bridgehead atoms. The molecular weight excluding hydrogens is 456 g/mol. The lowest BCUT2D eigenvalue weighted by Gasteiger charge is -2.16. The van der Waals surface area contributed by atoms with E-state index in [1.807, 2.05) is 55.9 Å². The smallest absolute Gasteiger partial charge is 0.251 e. The van der Waals surface area contributed by atoms with Crippen LogP contribution in [0, 0.1) is 6.92 Å². The summed E-state index contributed by atoms with van der Waals surface area (Å²) >= 11 is 6.19. The van der Waals surface area contributed by atoms with E-state index in [4.69, 9.17) is 17.3 Å². The number of pyridine rings is 1. The SMILES string of the molecule is CN1C=CN=CC1.Cc1ccc([C@@H](N)c2ccc3c(c2)c(-c2cccc(Cl)c2)cc(=O)n3C)cc1. The number of nitrogens with two attached hydrogens (primary N) is 1. The van der Waals surface area contributed by atoms with Crippen molar-refractivity contribution in [2.24, 2.45) is 17.8 Å². The number of aryl methyl sites for hydroxylation is 2. The predicted octanol–water partition coefficient (Wildman–Crippen LogP) is 5.69. The average Bonchev–Trinajstić information content (AvgIpc) is 2.87. The van der Waals surface area contributed by atoms with Crippen LogP contribution in [0.15, 0.2) is 95.0 Å². The molecular formula is C29H29ClN4O. The minimum Gasteiger partial charge on any atom is -0.374 e. The third-order valence-corrected chi connectivity index (χ3v) is 6.32. The summed E-state index contributed by atoms with van der Waals surface area (Å²) in [4.78, 5) is 18.4. The van der Waals surface area contributed by atoms with Crippen molar-refractivity contribution >= 4 is 28.7 Å². The van der Waals surface area contributed by atoms with Crippen LogP contribution in [0.4, 0.5) is 0 Å². The Balaban J connectivity index is 0.000000356. The van der Waals surface area contributed by atoms with Gasteiger partial charge >= 0.3 is 0 Å². The Morgan fingerprint density at radius 3 is 2.34 bits per heavy atom. The second-order valence-electron chi connectivity index (χ2n) is 8.70. The molecule has 1 atom stereocenters. The minimum absolute atomic E-state index is 0.0574. The van der Waals surface area contributed by atoms with E-state index in [-0.39, 0.29) is 11.6 Å². The number of fused-ring (bicyclic) bond motifs is 1. The van der Waals surface area contributed by atoms with Crippen molar-refractivity contribution in [3.63, 3.8) is 0 Å². The van der Waals surface area contributed by atoms with Crippen molar-refractivity contribution < 1.29 is 0 Å². The highest BCUT2D eigenvalue weighted by atomic mass is 35.5. The molecule has 0 amide bonds. The quantitative estimate of drug-likeness (QED) is 0.406. The molecule has 0 spiro atoms. The zero-order valence-electron chi connectivity index (χ0n) is 20.1. The number of benzene rings is 3. The van der Waals surface area contributed by atoms with Gasteiger partial charge in [-0.2, -0.15) is 0 Å². The van der Waals surface area contributed by atoms with Crippen LogP contribution in [0.1, 0.15) is 22.7 Å². The maximum atomic E-state index is 12.5. The van der Waals surface area contributed by atoms with Gasteiger partial charge in [0.05, 0.1) is 18.1 Å². The molecule has 6 heteroatoms. The molecule has 0 saturated heterocycles. The Morgan fingerprint density at radius 1 is 0.971 bits per heavy atom. The van der Waals surface area contributed by atoms with Crippen molar-refractivity contribution in [2.45, 2.75) is 13.0 Å². The Bertz CT molecular complexity index is 1450. The van der Waals surface area contributed by atoms with Crippen LogP contribution in [-0.4, -0.2) is 29.3 Å². The lowest BCUT2D eigenvalue weighted by atomic mass is 9.94. The molecule has 0 aliphatic carbocycles. The van der Waals surface area contributed by atoms with Gasteiger partial charge in [-0.15, -0.1) is 0 Å². The van der Waals surface area contributed by atoms with Gasteiger partial charge in [0, 0.05) is 49.2 Å². The van der Waals surface area contributed by atoms with Crippen LogP contribution in [0.3, 0.4) is 0 Å². The molecule has 35 heavy (non-hydrogen) atoms. The molecule has 0 radical (unpaired) electrons. The van der Waals surface area contributed by atoms with Gasteiger partial charge in [0.15, 0.2) is 0 Å². The molecule has 5 rings (SSSR count). The van der Waals surface area contributed by atoms with Gasteiger partial charge in [-0.05, 0) is 53.4 Å². The van der Waals surface area contributed by atoms with E-state index in [1.54, 1.807) is 23.9 Å². The fourth-order valence-electron chi connectivity index (χ4n) is 3.98. The minimum atomic E-state index is -0.241. The first kappa shape index (κ1) is 24.5. The lowest BCUT2D eigenvalue weighted by molar-refractivity contribution is 0.522. The molecule has 5 nitrogen and oxygen atoms in total. The first-order chi connectivity index (χ1) is 16.8. The van der Waals surface area contributed by atoms with E-state index in [0.717, 1.165) is 39.7 Å². The largest absolute Gasteiger partial charge is 0.374 e. The third kappa shape index (κ3) is 5.70. The topological polar surface area (TPSA) is 63.6 Å². The molecule has 0 saturated carbocycles. The first-order valence-corrected chi connectivity index (χ1v) is 11.8. The van der Waals surface area contributed by atoms with Crippen LogP contribution < -0.4 is 11.3 Å². The van der Waals surface area contributed by atoms with Gasteiger partial charge in [0.25, 0.3) is 5.56 Å². The van der Waals surface area contributed by atoms with Crippen molar-refractivity contribution in [1.82, 2.24) is 9.47 Å². The fourth-order valence-corrected chi connectivity index (χ4v) is 4.17. The van der Waals surface area contributed by atoms with Gasteiger partial charge in [0.1, 0.15) is 0 Å². The molecule has 1 aliphatic rings. The van der Waals surface area contributed by atoms with Gasteiger partial charge in [-0.1, -0.05) is 59.6 Å². The average molecular weight is 485 g/mol. The second kappa shape index (κ2) is 10.7. The van der Waals surface area contributed by atoms with Crippen LogP contribution in [0.5, 0.6) is 0 Å². The summed E-state index contributed by atoms with van der Waals surface area (Å²) in [6.07, 6.45) is 5.60. The molecule has 1 aliphatic heterocycles. The van der Waals surface area contributed by atoms with Crippen molar-refractivity contribution in [1.29, 1.82) is 0 Å². The highest BCUT2D eigenvalue weighted by Crippen LogP contribution is 2.31. The van der Waals surface area contributed by atoms with E-state index in [1.165, 1.54) is 5.56 Å². The summed E-state index contributed by atoms with van der Waals surface area (Å²) < 4.78 is 1.66. The third-order valence-electron chi connectivity index (χ3n) is 6.08. The highest BCUT2D eigenvalue weighted by molar-refractivity contribution is 6.30. The summed E-state index contributed by atoms with van der Waals surface area (Å²) in [7, 11) is 3.80. The summed E-state index contributed by atoms with van der Waals surface area (Å²) in [5.41, 5.74) is 12.4. The molecule has 0 fully saturated rings. The van der Waals surface area contributed by atoms with E-state index in [9.17, 15) is 4.79 Å². The maximum absolute atomic E-state index is 12.5. The Kier molecular flexibility index (Phi) is 7.49. The van der Waals surface area contributed by atoms with E-state index >= 15 is 0 Å². The van der Waals surface area contributed by atoms with E-state index in [2.05, 4.69) is 47.1 Å². The number of aromatic nitrogens is 1. The number of nitrogens with zero attached hydrogens (tertiary/aromatic N) is 3. The molecule has 0 unspecified atom stereocenters. The predicted molar refractivity (Wildman–Crippen MR) is 147 cm³/mol. The Hall–Kier alpha value is -3.67. The number of hydrogen-bond donors (Lipinski definition) is 1.